The number of fused-ring (bicyclic) bond motifs is 7. The molecule has 0 amide bonds. The molecule has 1 heterocycles. The van der Waals surface area contributed by atoms with E-state index in [-0.39, 0.29) is 5.41 Å². The lowest BCUT2D eigenvalue weighted by Crippen LogP contribution is -2.16. The summed E-state index contributed by atoms with van der Waals surface area (Å²) in [5.41, 5.74) is 12.9. The molecule has 0 spiro atoms. The van der Waals surface area contributed by atoms with Crippen molar-refractivity contribution in [2.45, 2.75) is 19.3 Å². The molecule has 0 atom stereocenters. The second kappa shape index (κ2) is 9.70. The van der Waals surface area contributed by atoms with Crippen LogP contribution in [0, 0.1) is 0 Å². The van der Waals surface area contributed by atoms with Crippen LogP contribution in [-0.2, 0) is 5.41 Å². The normalized spacial score (nSPS) is 13.3. The summed E-state index contributed by atoms with van der Waals surface area (Å²) >= 11 is 0. The van der Waals surface area contributed by atoms with E-state index in [1.165, 1.54) is 44.2 Å². The highest BCUT2D eigenvalue weighted by Gasteiger charge is 2.35. The number of benzene rings is 7. The van der Waals surface area contributed by atoms with Gasteiger partial charge in [-0.2, -0.15) is 0 Å². The van der Waals surface area contributed by atoms with Gasteiger partial charge in [-0.1, -0.05) is 111 Å². The minimum absolute atomic E-state index is 0.0868. The topological polar surface area (TPSA) is 16.4 Å². The molecule has 1 aromatic heterocycles. The predicted octanol–water partition coefficient (Wildman–Crippen LogP) is 12.2. The Labute approximate surface area is 262 Å². The third-order valence-electron chi connectivity index (χ3n) is 9.64. The third kappa shape index (κ3) is 4.03. The molecule has 0 aliphatic heterocycles. The van der Waals surface area contributed by atoms with E-state index >= 15 is 0 Å². The maximum absolute atomic E-state index is 6.38. The molecular formula is C43H31NO. The molecule has 1 aliphatic carbocycles. The fourth-order valence-electron chi connectivity index (χ4n) is 7.30. The first-order valence-corrected chi connectivity index (χ1v) is 15.6. The molecule has 7 aromatic carbocycles. The van der Waals surface area contributed by atoms with Crippen LogP contribution in [0.1, 0.15) is 25.0 Å². The van der Waals surface area contributed by atoms with E-state index in [0.29, 0.717) is 0 Å². The van der Waals surface area contributed by atoms with E-state index in [2.05, 4.69) is 170 Å². The molecule has 2 heteroatoms. The van der Waals surface area contributed by atoms with Gasteiger partial charge in [0.15, 0.2) is 0 Å². The van der Waals surface area contributed by atoms with E-state index in [1.54, 1.807) is 0 Å². The molecule has 0 bridgehead atoms. The van der Waals surface area contributed by atoms with Crippen molar-refractivity contribution in [1.29, 1.82) is 0 Å². The molecule has 9 rings (SSSR count). The summed E-state index contributed by atoms with van der Waals surface area (Å²) in [5.74, 6) is 0. The summed E-state index contributed by atoms with van der Waals surface area (Å²) in [4.78, 5) is 2.38. The average molecular weight is 578 g/mol. The van der Waals surface area contributed by atoms with Gasteiger partial charge < -0.3 is 9.32 Å². The quantitative estimate of drug-likeness (QED) is 0.207. The highest BCUT2D eigenvalue weighted by Crippen LogP contribution is 2.51. The van der Waals surface area contributed by atoms with Crippen molar-refractivity contribution in [2.24, 2.45) is 0 Å². The van der Waals surface area contributed by atoms with Crippen LogP contribution in [0.5, 0.6) is 0 Å². The summed E-state index contributed by atoms with van der Waals surface area (Å²) in [6.45, 7) is 4.68. The Kier molecular flexibility index (Phi) is 5.58. The molecule has 0 unspecified atom stereocenters. The van der Waals surface area contributed by atoms with Crippen molar-refractivity contribution in [3.63, 3.8) is 0 Å². The fraction of sp³-hybridized carbons (Fsp3) is 0.0698. The Morgan fingerprint density at radius 2 is 1.04 bits per heavy atom. The van der Waals surface area contributed by atoms with Crippen molar-refractivity contribution in [1.82, 2.24) is 0 Å². The van der Waals surface area contributed by atoms with Gasteiger partial charge in [0.05, 0.1) is 0 Å². The predicted molar refractivity (Wildman–Crippen MR) is 189 cm³/mol. The number of anilines is 3. The Morgan fingerprint density at radius 1 is 0.444 bits per heavy atom. The zero-order valence-electron chi connectivity index (χ0n) is 25.3. The second-order valence-corrected chi connectivity index (χ2v) is 12.6. The Balaban J connectivity index is 1.24. The van der Waals surface area contributed by atoms with Gasteiger partial charge in [0, 0.05) is 33.2 Å². The summed E-state index contributed by atoms with van der Waals surface area (Å²) < 4.78 is 6.38. The maximum Gasteiger partial charge on any atom is 0.136 e. The van der Waals surface area contributed by atoms with Crippen LogP contribution in [0.15, 0.2) is 156 Å². The molecule has 0 fully saturated rings. The Hall–Kier alpha value is -5.60. The van der Waals surface area contributed by atoms with Gasteiger partial charge in [-0.25, -0.2) is 0 Å². The van der Waals surface area contributed by atoms with Gasteiger partial charge in [-0.3, -0.25) is 0 Å². The number of nitrogens with zero attached hydrogens (tertiary/aromatic N) is 1. The first-order chi connectivity index (χ1) is 22.0. The van der Waals surface area contributed by atoms with Gasteiger partial charge in [-0.15, -0.1) is 0 Å². The number of furan rings is 1. The second-order valence-electron chi connectivity index (χ2n) is 12.6. The van der Waals surface area contributed by atoms with Crippen molar-refractivity contribution in [3.8, 4) is 22.3 Å². The Morgan fingerprint density at radius 3 is 1.87 bits per heavy atom. The number of rotatable bonds is 4. The van der Waals surface area contributed by atoms with Crippen molar-refractivity contribution in [2.75, 3.05) is 4.90 Å². The molecule has 1 aliphatic rings. The lowest BCUT2D eigenvalue weighted by Gasteiger charge is -2.28. The number of hydrogen-bond donors (Lipinski definition) is 0. The van der Waals surface area contributed by atoms with Crippen LogP contribution in [-0.4, -0.2) is 0 Å². The van der Waals surface area contributed by atoms with Crippen LogP contribution in [0.2, 0.25) is 0 Å². The number of hydrogen-bond acceptors (Lipinski definition) is 2. The van der Waals surface area contributed by atoms with Gasteiger partial charge >= 0.3 is 0 Å². The minimum Gasteiger partial charge on any atom is -0.456 e. The van der Waals surface area contributed by atoms with Gasteiger partial charge in [0.2, 0.25) is 0 Å². The van der Waals surface area contributed by atoms with Crippen LogP contribution < -0.4 is 4.90 Å². The molecule has 0 radical (unpaired) electrons. The molecular weight excluding hydrogens is 546 g/mol. The molecule has 0 N–H and O–H groups in total. The average Bonchev–Trinajstić information content (AvgIpc) is 3.55. The van der Waals surface area contributed by atoms with Crippen LogP contribution in [0.4, 0.5) is 17.1 Å². The van der Waals surface area contributed by atoms with E-state index in [4.69, 9.17) is 4.42 Å². The first-order valence-electron chi connectivity index (χ1n) is 15.6. The van der Waals surface area contributed by atoms with Crippen LogP contribution >= 0.6 is 0 Å². The highest BCUT2D eigenvalue weighted by molar-refractivity contribution is 6.11. The van der Waals surface area contributed by atoms with Crippen LogP contribution in [0.3, 0.4) is 0 Å². The summed E-state index contributed by atoms with van der Waals surface area (Å²) in [6.07, 6.45) is 0. The maximum atomic E-state index is 6.38. The first kappa shape index (κ1) is 25.9. The summed E-state index contributed by atoms with van der Waals surface area (Å²) in [5, 5.41) is 4.65. The largest absolute Gasteiger partial charge is 0.456 e. The molecule has 2 nitrogen and oxygen atoms in total. The SMILES string of the molecule is CC1(C)c2ccccc2-c2ccc(N(c3ccc(-c4ccccc4)cc3)c3ccc4oc5cc6ccccc6cc5c4c3)cc21. The standard InChI is InChI=1S/C43H31NO/c1-43(2)39-15-9-8-14-35(39)36-22-20-34(27-40(36)43)44(32-18-16-29(17-19-32)28-10-4-3-5-11-28)33-21-23-41-38(26-33)37-24-30-12-6-7-13-31(30)25-42(37)45-41/h3-27H,1-2H3. The van der Waals surface area contributed by atoms with E-state index in [9.17, 15) is 0 Å². The smallest absolute Gasteiger partial charge is 0.136 e. The highest BCUT2D eigenvalue weighted by atomic mass is 16.3. The zero-order chi connectivity index (χ0) is 30.1. The molecule has 0 saturated carbocycles. The fourth-order valence-corrected chi connectivity index (χ4v) is 7.30. The van der Waals surface area contributed by atoms with Gasteiger partial charge in [0.25, 0.3) is 0 Å². The minimum atomic E-state index is -0.0868. The summed E-state index contributed by atoms with van der Waals surface area (Å²) in [7, 11) is 0. The van der Waals surface area contributed by atoms with Gasteiger partial charge in [0.1, 0.15) is 11.2 Å². The lowest BCUT2D eigenvalue weighted by atomic mass is 9.82. The monoisotopic (exact) mass is 577 g/mol. The zero-order valence-corrected chi connectivity index (χ0v) is 25.3. The molecule has 8 aromatic rings. The molecule has 0 saturated heterocycles. The molecule has 45 heavy (non-hydrogen) atoms. The van der Waals surface area contributed by atoms with Crippen LogP contribution in [0.25, 0.3) is 55.0 Å². The van der Waals surface area contributed by atoms with E-state index < -0.39 is 0 Å². The van der Waals surface area contributed by atoms with E-state index in [0.717, 1.165) is 39.0 Å². The third-order valence-corrected chi connectivity index (χ3v) is 9.64. The summed E-state index contributed by atoms with van der Waals surface area (Å²) in [6, 6.07) is 54.8. The van der Waals surface area contributed by atoms with Crippen molar-refractivity contribution >= 4 is 49.8 Å². The molecule has 214 valence electrons. The van der Waals surface area contributed by atoms with Crippen molar-refractivity contribution < 1.29 is 4.42 Å². The Bertz CT molecular complexity index is 2400. The lowest BCUT2D eigenvalue weighted by molar-refractivity contribution is 0.660. The van der Waals surface area contributed by atoms with Crippen molar-refractivity contribution in [3.05, 3.63) is 163 Å². The van der Waals surface area contributed by atoms with E-state index in [1.807, 2.05) is 0 Å². The van der Waals surface area contributed by atoms with Gasteiger partial charge in [-0.05, 0) is 98.8 Å².